The van der Waals surface area contributed by atoms with E-state index in [1.165, 1.54) is 0 Å². The number of aromatic nitrogens is 2. The number of anilines is 1. The molecule has 6 nitrogen and oxygen atoms in total. The number of ether oxygens (including phenoxy) is 3. The fraction of sp³-hybridized carbons (Fsp3) is 0.333. The van der Waals surface area contributed by atoms with Gasteiger partial charge in [0.05, 0.1) is 24.0 Å². The minimum absolute atomic E-state index is 0.270. The lowest BCUT2D eigenvalue weighted by Crippen LogP contribution is -2.28. The molecule has 0 atom stereocenters. The maximum Gasteiger partial charge on any atom is 0.231 e. The van der Waals surface area contributed by atoms with Crippen molar-refractivity contribution in [3.8, 4) is 11.5 Å². The second-order valence-corrected chi connectivity index (χ2v) is 5.24. The molecule has 0 saturated heterocycles. The number of nitrogens with zero attached hydrogens (tertiary/aromatic N) is 3. The predicted octanol–water partition coefficient (Wildman–Crippen LogP) is 2.51. The first-order valence-corrected chi connectivity index (χ1v) is 7.24. The Morgan fingerprint density at radius 3 is 2.77 bits per heavy atom. The van der Waals surface area contributed by atoms with Crippen LogP contribution in [0.25, 0.3) is 0 Å². The Balaban J connectivity index is 1.78. The van der Waals surface area contributed by atoms with Gasteiger partial charge in [-0.25, -0.2) is 9.97 Å². The fourth-order valence-corrected chi connectivity index (χ4v) is 2.28. The highest BCUT2D eigenvalue weighted by atomic mass is 35.5. The van der Waals surface area contributed by atoms with Gasteiger partial charge in [0, 0.05) is 20.2 Å². The quantitative estimate of drug-likeness (QED) is 0.815. The van der Waals surface area contributed by atoms with Crippen LogP contribution in [0.5, 0.6) is 11.5 Å². The van der Waals surface area contributed by atoms with E-state index in [1.807, 2.05) is 23.1 Å². The Bertz CT molecular complexity index is 636. The van der Waals surface area contributed by atoms with Crippen LogP contribution in [0.2, 0.25) is 5.02 Å². The smallest absolute Gasteiger partial charge is 0.231 e. The molecule has 1 aliphatic rings. The lowest BCUT2D eigenvalue weighted by atomic mass is 10.2. The number of fused-ring (bicyclic) bond motifs is 1. The molecule has 0 spiro atoms. The summed E-state index contributed by atoms with van der Waals surface area (Å²) in [6.45, 7) is 2.16. The van der Waals surface area contributed by atoms with E-state index in [9.17, 15) is 0 Å². The van der Waals surface area contributed by atoms with E-state index in [2.05, 4.69) is 9.97 Å². The Hall–Kier alpha value is -2.05. The number of hydrogen-bond acceptors (Lipinski definition) is 6. The second-order valence-electron chi connectivity index (χ2n) is 4.80. The van der Waals surface area contributed by atoms with E-state index in [0.29, 0.717) is 30.7 Å². The van der Waals surface area contributed by atoms with Gasteiger partial charge in [-0.2, -0.15) is 0 Å². The number of methoxy groups -OCH3 is 1. The third-order valence-electron chi connectivity index (χ3n) is 3.27. The van der Waals surface area contributed by atoms with Gasteiger partial charge in [-0.3, -0.25) is 0 Å². The molecule has 0 fully saturated rings. The van der Waals surface area contributed by atoms with E-state index in [4.69, 9.17) is 25.8 Å². The van der Waals surface area contributed by atoms with Crippen LogP contribution in [0.15, 0.2) is 30.6 Å². The molecule has 3 rings (SSSR count). The van der Waals surface area contributed by atoms with Crippen LogP contribution in [0.4, 0.5) is 5.95 Å². The first kappa shape index (κ1) is 14.9. The minimum atomic E-state index is 0.270. The van der Waals surface area contributed by atoms with Crippen molar-refractivity contribution < 1.29 is 14.2 Å². The molecule has 0 unspecified atom stereocenters. The molecule has 1 aliphatic heterocycles. The van der Waals surface area contributed by atoms with Crippen LogP contribution in [0, 0.1) is 0 Å². The molecule has 22 heavy (non-hydrogen) atoms. The van der Waals surface area contributed by atoms with Gasteiger partial charge in [-0.15, -0.1) is 0 Å². The fourth-order valence-electron chi connectivity index (χ4n) is 2.18. The molecule has 0 aliphatic carbocycles. The van der Waals surface area contributed by atoms with Crippen molar-refractivity contribution in [1.29, 1.82) is 0 Å². The van der Waals surface area contributed by atoms with Crippen LogP contribution in [0.3, 0.4) is 0 Å². The van der Waals surface area contributed by atoms with E-state index in [1.54, 1.807) is 19.5 Å². The van der Waals surface area contributed by atoms with Gasteiger partial charge in [0.25, 0.3) is 0 Å². The van der Waals surface area contributed by atoms with Crippen LogP contribution in [-0.2, 0) is 11.3 Å². The number of hydrogen-bond donors (Lipinski definition) is 0. The van der Waals surface area contributed by atoms with Crippen LogP contribution >= 0.6 is 11.6 Å². The maximum absolute atomic E-state index is 5.85. The number of rotatable bonds is 6. The van der Waals surface area contributed by atoms with Crippen molar-refractivity contribution in [2.24, 2.45) is 0 Å². The van der Waals surface area contributed by atoms with Crippen molar-refractivity contribution in [1.82, 2.24) is 9.97 Å². The summed E-state index contributed by atoms with van der Waals surface area (Å²) < 4.78 is 15.9. The van der Waals surface area contributed by atoms with Gasteiger partial charge in [-0.05, 0) is 17.7 Å². The van der Waals surface area contributed by atoms with Gasteiger partial charge in [0.2, 0.25) is 12.7 Å². The van der Waals surface area contributed by atoms with Crippen LogP contribution in [0.1, 0.15) is 5.56 Å². The standard InChI is InChI=1S/C15H16ClN3O3/c1-20-5-4-19(15-17-7-12(16)8-18-15)9-11-2-3-13-14(6-11)22-10-21-13/h2-3,6-8H,4-5,9-10H2,1H3. The summed E-state index contributed by atoms with van der Waals surface area (Å²) in [4.78, 5) is 10.6. The molecular formula is C15H16ClN3O3. The molecule has 1 aromatic heterocycles. The Kier molecular flexibility index (Phi) is 4.60. The SMILES string of the molecule is COCCN(Cc1ccc2c(c1)OCO2)c1ncc(Cl)cn1. The van der Waals surface area contributed by atoms with Crippen molar-refractivity contribution in [3.63, 3.8) is 0 Å². The molecule has 0 bridgehead atoms. The molecule has 116 valence electrons. The first-order valence-electron chi connectivity index (χ1n) is 6.86. The summed E-state index contributed by atoms with van der Waals surface area (Å²) in [6, 6.07) is 5.89. The average Bonchev–Trinajstić information content (AvgIpc) is 3.00. The lowest BCUT2D eigenvalue weighted by molar-refractivity contribution is 0.174. The summed E-state index contributed by atoms with van der Waals surface area (Å²) in [5.41, 5.74) is 1.08. The first-order chi connectivity index (χ1) is 10.8. The van der Waals surface area contributed by atoms with Crippen molar-refractivity contribution in [3.05, 3.63) is 41.2 Å². The molecule has 0 saturated carbocycles. The summed E-state index contributed by atoms with van der Waals surface area (Å²) >= 11 is 5.85. The highest BCUT2D eigenvalue weighted by Crippen LogP contribution is 2.33. The molecule has 2 aromatic rings. The largest absolute Gasteiger partial charge is 0.454 e. The summed E-state index contributed by atoms with van der Waals surface area (Å²) in [5.74, 6) is 2.15. The van der Waals surface area contributed by atoms with Crippen molar-refractivity contribution in [2.75, 3.05) is 32.0 Å². The van der Waals surface area contributed by atoms with E-state index >= 15 is 0 Å². The van der Waals surface area contributed by atoms with E-state index < -0.39 is 0 Å². The summed E-state index contributed by atoms with van der Waals surface area (Å²) in [5, 5.41) is 0.513. The van der Waals surface area contributed by atoms with Gasteiger partial charge >= 0.3 is 0 Å². The monoisotopic (exact) mass is 321 g/mol. The van der Waals surface area contributed by atoms with Gasteiger partial charge < -0.3 is 19.1 Å². The van der Waals surface area contributed by atoms with Crippen LogP contribution < -0.4 is 14.4 Å². The number of benzene rings is 1. The minimum Gasteiger partial charge on any atom is -0.454 e. The Labute approximate surface area is 133 Å². The third-order valence-corrected chi connectivity index (χ3v) is 3.46. The van der Waals surface area contributed by atoms with Crippen molar-refractivity contribution in [2.45, 2.75) is 6.54 Å². The number of halogens is 1. The topological polar surface area (TPSA) is 56.7 Å². The lowest BCUT2D eigenvalue weighted by Gasteiger charge is -2.22. The average molecular weight is 322 g/mol. The summed E-state index contributed by atoms with van der Waals surface area (Å²) in [7, 11) is 1.67. The molecule has 7 heteroatoms. The molecule has 0 N–H and O–H groups in total. The Morgan fingerprint density at radius 2 is 2.00 bits per heavy atom. The molecule has 0 radical (unpaired) electrons. The van der Waals surface area contributed by atoms with Crippen LogP contribution in [-0.4, -0.2) is 37.0 Å². The van der Waals surface area contributed by atoms with E-state index in [-0.39, 0.29) is 6.79 Å². The zero-order valence-corrected chi connectivity index (χ0v) is 12.9. The molecule has 1 aromatic carbocycles. The van der Waals surface area contributed by atoms with Gasteiger partial charge in [-0.1, -0.05) is 17.7 Å². The highest BCUT2D eigenvalue weighted by Gasteiger charge is 2.16. The zero-order valence-electron chi connectivity index (χ0n) is 12.2. The van der Waals surface area contributed by atoms with Crippen molar-refractivity contribution >= 4 is 17.5 Å². The normalized spacial score (nSPS) is 12.5. The second kappa shape index (κ2) is 6.81. The van der Waals surface area contributed by atoms with E-state index in [0.717, 1.165) is 17.1 Å². The highest BCUT2D eigenvalue weighted by molar-refractivity contribution is 6.30. The maximum atomic E-state index is 5.85. The third kappa shape index (κ3) is 3.40. The molecule has 0 amide bonds. The molecule has 2 heterocycles. The Morgan fingerprint density at radius 1 is 1.23 bits per heavy atom. The van der Waals surface area contributed by atoms with Gasteiger partial charge in [0.1, 0.15) is 0 Å². The molecular weight excluding hydrogens is 306 g/mol. The summed E-state index contributed by atoms with van der Waals surface area (Å²) in [6.07, 6.45) is 3.17. The zero-order chi connectivity index (χ0) is 15.4. The van der Waals surface area contributed by atoms with Gasteiger partial charge in [0.15, 0.2) is 11.5 Å². The predicted molar refractivity (Wildman–Crippen MR) is 82.5 cm³/mol.